The molecule has 4 fully saturated rings. The number of fused-ring (bicyclic) bond motifs is 2. The summed E-state index contributed by atoms with van der Waals surface area (Å²) in [5.41, 5.74) is 2.59. The monoisotopic (exact) mass is 257 g/mol. The third-order valence-corrected chi connectivity index (χ3v) is 5.27. The Morgan fingerprint density at radius 3 is 2.21 bits per heavy atom. The minimum atomic E-state index is 0.827. The zero-order valence-electron chi connectivity index (χ0n) is 11.7. The van der Waals surface area contributed by atoms with E-state index >= 15 is 0 Å². The number of piperidine rings is 1. The molecule has 102 valence electrons. The Morgan fingerprint density at radius 1 is 1.00 bits per heavy atom. The molecule has 1 N–H and O–H groups in total. The van der Waals surface area contributed by atoms with Crippen molar-refractivity contribution in [2.24, 2.45) is 0 Å². The van der Waals surface area contributed by atoms with Gasteiger partial charge in [-0.15, -0.1) is 0 Å². The molecule has 1 aliphatic carbocycles. The second-order valence-corrected chi connectivity index (χ2v) is 6.28. The Bertz CT molecular complexity index is 440. The highest BCUT2D eigenvalue weighted by molar-refractivity contribution is 5.55. The Kier molecular flexibility index (Phi) is 2.69. The van der Waals surface area contributed by atoms with E-state index < -0.39 is 0 Å². The van der Waals surface area contributed by atoms with E-state index in [9.17, 15) is 0 Å². The van der Waals surface area contributed by atoms with Gasteiger partial charge in [0.25, 0.3) is 0 Å². The number of hydrogen-bond donors (Lipinski definition) is 1. The van der Waals surface area contributed by atoms with Crippen molar-refractivity contribution in [1.82, 2.24) is 4.90 Å². The highest BCUT2D eigenvalue weighted by Gasteiger charge is 2.48. The molecule has 19 heavy (non-hydrogen) atoms. The first-order valence-electron chi connectivity index (χ1n) is 7.65. The average molecular weight is 257 g/mol. The maximum Gasteiger partial charge on any atom is 0.0368 e. The fourth-order valence-corrected chi connectivity index (χ4v) is 3.97. The van der Waals surface area contributed by atoms with Gasteiger partial charge in [-0.1, -0.05) is 6.42 Å². The van der Waals surface area contributed by atoms with Gasteiger partial charge in [0, 0.05) is 49.6 Å². The van der Waals surface area contributed by atoms with E-state index in [0.717, 1.165) is 18.1 Å². The molecular formula is C16H23N3. The van der Waals surface area contributed by atoms with Crippen molar-refractivity contribution in [1.29, 1.82) is 0 Å². The number of piperazine rings is 1. The van der Waals surface area contributed by atoms with E-state index in [1.165, 1.54) is 50.1 Å². The molecular weight excluding hydrogens is 234 g/mol. The summed E-state index contributed by atoms with van der Waals surface area (Å²) < 4.78 is 0. The molecule has 0 amide bonds. The van der Waals surface area contributed by atoms with Gasteiger partial charge in [-0.25, -0.2) is 0 Å². The average Bonchev–Trinajstić information content (AvgIpc) is 2.43. The minimum absolute atomic E-state index is 0.827. The lowest BCUT2D eigenvalue weighted by Gasteiger charge is -2.61. The van der Waals surface area contributed by atoms with Crippen LogP contribution in [-0.4, -0.2) is 43.2 Å². The van der Waals surface area contributed by atoms with Gasteiger partial charge in [0.15, 0.2) is 0 Å². The van der Waals surface area contributed by atoms with Crippen molar-refractivity contribution in [2.45, 2.75) is 43.8 Å². The standard InChI is InChI=1S/C16H23N3/c1-17-12-5-7-13(8-6-12)18-10-15-9-16(11-18)19(15)14-3-2-4-14/h5-8,14-17H,2-4,9-11H2,1H3. The SMILES string of the molecule is CNc1ccc(N2CC3CC(C2)N3C2CCC2)cc1. The molecule has 2 atom stereocenters. The van der Waals surface area contributed by atoms with Gasteiger partial charge >= 0.3 is 0 Å². The summed E-state index contributed by atoms with van der Waals surface area (Å²) in [5.74, 6) is 0. The molecule has 3 saturated heterocycles. The Morgan fingerprint density at radius 2 is 1.68 bits per heavy atom. The first-order valence-corrected chi connectivity index (χ1v) is 7.65. The summed E-state index contributed by atoms with van der Waals surface area (Å²) in [6.07, 6.45) is 5.78. The third kappa shape index (κ3) is 1.83. The maximum absolute atomic E-state index is 3.19. The van der Waals surface area contributed by atoms with Crippen LogP contribution in [0.1, 0.15) is 25.7 Å². The van der Waals surface area contributed by atoms with Gasteiger partial charge in [-0.05, 0) is 43.5 Å². The molecule has 2 bridgehead atoms. The summed E-state index contributed by atoms with van der Waals surface area (Å²) in [6, 6.07) is 11.5. The number of hydrogen-bond acceptors (Lipinski definition) is 3. The summed E-state index contributed by atoms with van der Waals surface area (Å²) in [4.78, 5) is 5.40. The predicted molar refractivity (Wildman–Crippen MR) is 79.9 cm³/mol. The predicted octanol–water partition coefficient (Wildman–Crippen LogP) is 2.54. The van der Waals surface area contributed by atoms with Crippen LogP contribution in [-0.2, 0) is 0 Å². The fourth-order valence-electron chi connectivity index (χ4n) is 3.97. The minimum Gasteiger partial charge on any atom is -0.388 e. The van der Waals surface area contributed by atoms with Crippen LogP contribution in [0.5, 0.6) is 0 Å². The quantitative estimate of drug-likeness (QED) is 0.898. The van der Waals surface area contributed by atoms with Crippen molar-refractivity contribution in [2.75, 3.05) is 30.4 Å². The van der Waals surface area contributed by atoms with Crippen LogP contribution in [0.3, 0.4) is 0 Å². The smallest absolute Gasteiger partial charge is 0.0368 e. The van der Waals surface area contributed by atoms with Crippen molar-refractivity contribution in [3.63, 3.8) is 0 Å². The highest BCUT2D eigenvalue weighted by Crippen LogP contribution is 2.41. The van der Waals surface area contributed by atoms with E-state index in [4.69, 9.17) is 0 Å². The van der Waals surface area contributed by atoms with Crippen LogP contribution >= 0.6 is 0 Å². The fraction of sp³-hybridized carbons (Fsp3) is 0.625. The van der Waals surface area contributed by atoms with Crippen LogP contribution in [0.25, 0.3) is 0 Å². The van der Waals surface area contributed by atoms with Gasteiger partial charge in [-0.3, -0.25) is 4.90 Å². The van der Waals surface area contributed by atoms with Crippen molar-refractivity contribution in [3.8, 4) is 0 Å². The van der Waals surface area contributed by atoms with Crippen molar-refractivity contribution >= 4 is 11.4 Å². The van der Waals surface area contributed by atoms with Crippen molar-refractivity contribution in [3.05, 3.63) is 24.3 Å². The number of benzene rings is 1. The lowest BCUT2D eigenvalue weighted by atomic mass is 9.79. The Labute approximate surface area is 115 Å². The molecule has 1 saturated carbocycles. The Balaban J connectivity index is 1.44. The molecule has 0 aromatic heterocycles. The first-order chi connectivity index (χ1) is 9.35. The normalized spacial score (nSPS) is 30.7. The van der Waals surface area contributed by atoms with Crippen molar-refractivity contribution < 1.29 is 0 Å². The van der Waals surface area contributed by atoms with E-state index in [1.807, 2.05) is 7.05 Å². The van der Waals surface area contributed by atoms with E-state index in [-0.39, 0.29) is 0 Å². The van der Waals surface area contributed by atoms with Gasteiger partial charge in [-0.2, -0.15) is 0 Å². The van der Waals surface area contributed by atoms with Crippen LogP contribution < -0.4 is 10.2 Å². The molecule has 1 aromatic rings. The number of nitrogens with zero attached hydrogens (tertiary/aromatic N) is 2. The summed E-state index contributed by atoms with van der Waals surface area (Å²) in [7, 11) is 1.97. The molecule has 1 aromatic carbocycles. The lowest BCUT2D eigenvalue weighted by molar-refractivity contribution is -0.0631. The number of rotatable bonds is 3. The molecule has 5 rings (SSSR count). The molecule has 2 unspecified atom stereocenters. The second-order valence-electron chi connectivity index (χ2n) is 6.28. The first kappa shape index (κ1) is 11.6. The zero-order valence-corrected chi connectivity index (χ0v) is 11.7. The van der Waals surface area contributed by atoms with Gasteiger partial charge < -0.3 is 10.2 Å². The molecule has 3 aliphatic heterocycles. The molecule has 3 nitrogen and oxygen atoms in total. The Hall–Kier alpha value is -1.22. The van der Waals surface area contributed by atoms with E-state index in [2.05, 4.69) is 39.4 Å². The third-order valence-electron chi connectivity index (χ3n) is 5.27. The number of nitrogens with one attached hydrogen (secondary N) is 1. The largest absolute Gasteiger partial charge is 0.388 e. The molecule has 0 spiro atoms. The van der Waals surface area contributed by atoms with Gasteiger partial charge in [0.05, 0.1) is 0 Å². The maximum atomic E-state index is 3.19. The molecule has 0 radical (unpaired) electrons. The van der Waals surface area contributed by atoms with Crippen LogP contribution in [0.4, 0.5) is 11.4 Å². The summed E-state index contributed by atoms with van der Waals surface area (Å²) in [6.45, 7) is 2.46. The van der Waals surface area contributed by atoms with Gasteiger partial charge in [0.2, 0.25) is 0 Å². The second kappa shape index (κ2) is 4.41. The topological polar surface area (TPSA) is 18.5 Å². The van der Waals surface area contributed by atoms with Crippen LogP contribution in [0.2, 0.25) is 0 Å². The van der Waals surface area contributed by atoms with Gasteiger partial charge in [0.1, 0.15) is 0 Å². The van der Waals surface area contributed by atoms with Crippen LogP contribution in [0, 0.1) is 0 Å². The lowest BCUT2D eigenvalue weighted by Crippen LogP contribution is -2.72. The highest BCUT2D eigenvalue weighted by atomic mass is 15.4. The molecule has 4 aliphatic rings. The summed E-state index contributed by atoms with van der Waals surface area (Å²) in [5, 5.41) is 3.19. The number of anilines is 2. The molecule has 3 heteroatoms. The molecule has 3 heterocycles. The zero-order chi connectivity index (χ0) is 12.8. The summed E-state index contributed by atoms with van der Waals surface area (Å²) >= 11 is 0. The van der Waals surface area contributed by atoms with Crippen LogP contribution in [0.15, 0.2) is 24.3 Å². The van der Waals surface area contributed by atoms with E-state index in [0.29, 0.717) is 0 Å². The van der Waals surface area contributed by atoms with E-state index in [1.54, 1.807) is 0 Å².